The molecule has 3 heteroatoms. The fourth-order valence-electron chi connectivity index (χ4n) is 6.97. The number of rotatable bonds is 6. The van der Waals surface area contributed by atoms with Crippen LogP contribution >= 0.6 is 0 Å². The Labute approximate surface area is 291 Å². The zero-order chi connectivity index (χ0) is 33.3. The molecule has 3 aromatic heterocycles. The van der Waals surface area contributed by atoms with Gasteiger partial charge in [-0.1, -0.05) is 146 Å². The van der Waals surface area contributed by atoms with Crippen LogP contribution in [0.3, 0.4) is 0 Å². The van der Waals surface area contributed by atoms with Gasteiger partial charge in [0.15, 0.2) is 0 Å². The number of hydrogen-bond donors (Lipinski definition) is 0. The van der Waals surface area contributed by atoms with Crippen LogP contribution in [0.5, 0.6) is 0 Å². The number of hydrogen-bond acceptors (Lipinski definition) is 3. The fraction of sp³-hybridized carbons (Fsp3) is 0. The highest BCUT2D eigenvalue weighted by Gasteiger charge is 2.18. The van der Waals surface area contributed by atoms with Gasteiger partial charge in [0.25, 0.3) is 0 Å². The number of nitrogens with zero attached hydrogens (tertiary/aromatic N) is 3. The van der Waals surface area contributed by atoms with Gasteiger partial charge in [0.05, 0.1) is 17.1 Å². The van der Waals surface area contributed by atoms with Crippen molar-refractivity contribution in [2.75, 3.05) is 0 Å². The highest BCUT2D eigenvalue weighted by molar-refractivity contribution is 6.21. The third kappa shape index (κ3) is 5.41. The van der Waals surface area contributed by atoms with Crippen LogP contribution in [0.15, 0.2) is 188 Å². The van der Waals surface area contributed by atoms with E-state index in [1.54, 1.807) is 0 Å². The second-order valence-corrected chi connectivity index (χ2v) is 12.5. The van der Waals surface area contributed by atoms with Gasteiger partial charge in [-0.05, 0) is 62.5 Å². The topological polar surface area (TPSA) is 38.7 Å². The zero-order valence-corrected chi connectivity index (χ0v) is 27.2. The van der Waals surface area contributed by atoms with Gasteiger partial charge in [-0.3, -0.25) is 15.0 Å². The minimum Gasteiger partial charge on any atom is -0.256 e. The average Bonchev–Trinajstić information content (AvgIpc) is 3.21. The molecule has 3 nitrogen and oxygen atoms in total. The molecule has 0 radical (unpaired) electrons. The number of aromatic nitrogens is 3. The molecular weight excluding hydrogens is 607 g/mol. The minimum absolute atomic E-state index is 0.953. The van der Waals surface area contributed by atoms with E-state index in [0.717, 1.165) is 72.4 Å². The van der Waals surface area contributed by atoms with Crippen LogP contribution in [-0.4, -0.2) is 15.0 Å². The molecule has 50 heavy (non-hydrogen) atoms. The second-order valence-electron chi connectivity index (χ2n) is 12.5. The molecule has 0 unspecified atom stereocenters. The quantitative estimate of drug-likeness (QED) is 0.170. The largest absolute Gasteiger partial charge is 0.256 e. The summed E-state index contributed by atoms with van der Waals surface area (Å²) in [7, 11) is 0. The van der Waals surface area contributed by atoms with Crippen LogP contribution in [0.2, 0.25) is 0 Å². The zero-order valence-electron chi connectivity index (χ0n) is 27.2. The van der Waals surface area contributed by atoms with Crippen LogP contribution in [0.1, 0.15) is 0 Å². The van der Waals surface area contributed by atoms with E-state index >= 15 is 0 Å². The lowest BCUT2D eigenvalue weighted by Gasteiger charge is -2.19. The van der Waals surface area contributed by atoms with E-state index in [1.165, 1.54) is 16.3 Å². The molecule has 0 atom stereocenters. The average molecular weight is 638 g/mol. The first-order valence-electron chi connectivity index (χ1n) is 16.8. The predicted octanol–water partition coefficient (Wildman–Crippen LogP) is 12.2. The van der Waals surface area contributed by atoms with Crippen molar-refractivity contribution < 1.29 is 0 Å². The van der Waals surface area contributed by atoms with Gasteiger partial charge in [0, 0.05) is 52.0 Å². The van der Waals surface area contributed by atoms with E-state index in [4.69, 9.17) is 15.0 Å². The molecule has 0 spiro atoms. The highest BCUT2D eigenvalue weighted by Crippen LogP contribution is 2.45. The predicted molar refractivity (Wildman–Crippen MR) is 207 cm³/mol. The highest BCUT2D eigenvalue weighted by atomic mass is 14.7. The maximum Gasteiger partial charge on any atom is 0.0702 e. The summed E-state index contributed by atoms with van der Waals surface area (Å²) >= 11 is 0. The Hall–Kier alpha value is -6.71. The molecular formula is C47H31N3. The van der Waals surface area contributed by atoms with Crippen LogP contribution in [0.4, 0.5) is 0 Å². The Kier molecular flexibility index (Phi) is 7.49. The van der Waals surface area contributed by atoms with Crippen molar-refractivity contribution in [2.24, 2.45) is 0 Å². The molecule has 9 aromatic rings. The summed E-state index contributed by atoms with van der Waals surface area (Å²) in [5.41, 5.74) is 12.8. The lowest BCUT2D eigenvalue weighted by molar-refractivity contribution is 1.32. The molecule has 0 bridgehead atoms. The van der Waals surface area contributed by atoms with Gasteiger partial charge in [-0.2, -0.15) is 0 Å². The molecule has 3 heterocycles. The van der Waals surface area contributed by atoms with E-state index in [0.29, 0.717) is 0 Å². The monoisotopic (exact) mass is 637 g/mol. The number of benzene rings is 6. The van der Waals surface area contributed by atoms with E-state index in [-0.39, 0.29) is 0 Å². The number of pyridine rings is 3. The SMILES string of the molecule is c1ccc(-c2ccc(-c3ccc4c(-c5ccc(-c6ccccc6)nc5)c5ccccc5c(-c5ccc(-c6ccccc6)nc5)c4c3)cn2)cc1. The molecule has 0 amide bonds. The Bertz CT molecular complexity index is 2580. The summed E-state index contributed by atoms with van der Waals surface area (Å²) in [6.45, 7) is 0. The molecule has 0 aliphatic carbocycles. The summed E-state index contributed by atoms with van der Waals surface area (Å²) in [5.74, 6) is 0. The summed E-state index contributed by atoms with van der Waals surface area (Å²) in [6, 6.07) is 59.4. The molecule has 0 saturated heterocycles. The molecule has 0 aliphatic heterocycles. The summed E-state index contributed by atoms with van der Waals surface area (Å²) in [6.07, 6.45) is 6.01. The lowest BCUT2D eigenvalue weighted by atomic mass is 9.85. The first kappa shape index (κ1) is 29.4. The molecule has 6 aromatic carbocycles. The molecule has 0 N–H and O–H groups in total. The van der Waals surface area contributed by atoms with Gasteiger partial charge in [0.1, 0.15) is 0 Å². The van der Waals surface area contributed by atoms with Gasteiger partial charge in [-0.15, -0.1) is 0 Å². The van der Waals surface area contributed by atoms with Crippen LogP contribution in [0, 0.1) is 0 Å². The normalized spacial score (nSPS) is 11.2. The number of fused-ring (bicyclic) bond motifs is 2. The van der Waals surface area contributed by atoms with Crippen molar-refractivity contribution in [3.8, 4) is 67.2 Å². The van der Waals surface area contributed by atoms with Crippen molar-refractivity contribution in [2.45, 2.75) is 0 Å². The minimum atomic E-state index is 0.953. The third-order valence-corrected chi connectivity index (χ3v) is 9.43. The Morgan fingerprint density at radius 1 is 0.240 bits per heavy atom. The van der Waals surface area contributed by atoms with Crippen LogP contribution < -0.4 is 0 Å². The second kappa shape index (κ2) is 12.7. The van der Waals surface area contributed by atoms with Crippen molar-refractivity contribution in [1.82, 2.24) is 15.0 Å². The molecule has 234 valence electrons. The summed E-state index contributed by atoms with van der Waals surface area (Å²) in [4.78, 5) is 14.7. The molecule has 0 fully saturated rings. The van der Waals surface area contributed by atoms with Crippen molar-refractivity contribution >= 4 is 21.5 Å². The Morgan fingerprint density at radius 3 is 1.02 bits per heavy atom. The molecule has 0 aliphatic rings. The van der Waals surface area contributed by atoms with E-state index < -0.39 is 0 Å². The first-order chi connectivity index (χ1) is 24.8. The fourth-order valence-corrected chi connectivity index (χ4v) is 6.97. The third-order valence-electron chi connectivity index (χ3n) is 9.43. The van der Waals surface area contributed by atoms with E-state index in [1.807, 2.05) is 61.1 Å². The van der Waals surface area contributed by atoms with E-state index in [2.05, 4.69) is 127 Å². The van der Waals surface area contributed by atoms with Crippen LogP contribution in [0.25, 0.3) is 88.7 Å². The molecule has 0 saturated carbocycles. The maximum atomic E-state index is 4.96. The van der Waals surface area contributed by atoms with Gasteiger partial charge < -0.3 is 0 Å². The smallest absolute Gasteiger partial charge is 0.0702 e. The summed E-state index contributed by atoms with van der Waals surface area (Å²) in [5, 5.41) is 4.67. The standard InChI is InChI=1S/C47H31N3/c1-4-12-32(13-5-1)43-25-21-36(29-48-43)35-20-24-41-42(28-35)47(38-23-27-45(50-31-38)34-16-8-3-9-17-34)40-19-11-10-18-39(40)46(41)37-22-26-44(49-30-37)33-14-6-2-7-15-33/h1-31H. The van der Waals surface area contributed by atoms with E-state index in [9.17, 15) is 0 Å². The van der Waals surface area contributed by atoms with Crippen LogP contribution in [-0.2, 0) is 0 Å². The summed E-state index contributed by atoms with van der Waals surface area (Å²) < 4.78 is 0. The maximum absolute atomic E-state index is 4.96. The van der Waals surface area contributed by atoms with Crippen molar-refractivity contribution in [1.29, 1.82) is 0 Å². The Morgan fingerprint density at radius 2 is 0.600 bits per heavy atom. The Balaban J connectivity index is 1.25. The van der Waals surface area contributed by atoms with Gasteiger partial charge in [-0.25, -0.2) is 0 Å². The van der Waals surface area contributed by atoms with Crippen molar-refractivity contribution in [3.63, 3.8) is 0 Å². The van der Waals surface area contributed by atoms with Gasteiger partial charge in [0.2, 0.25) is 0 Å². The lowest BCUT2D eigenvalue weighted by Crippen LogP contribution is -1.94. The van der Waals surface area contributed by atoms with Crippen molar-refractivity contribution in [3.05, 3.63) is 188 Å². The van der Waals surface area contributed by atoms with Gasteiger partial charge >= 0.3 is 0 Å². The molecule has 9 rings (SSSR count). The first-order valence-corrected chi connectivity index (χ1v) is 16.8.